The van der Waals surface area contributed by atoms with Crippen LogP contribution < -0.4 is 14.2 Å². The maximum Gasteiger partial charge on any atom is 0.363 e. The lowest BCUT2D eigenvalue weighted by Gasteiger charge is -2.18. The van der Waals surface area contributed by atoms with Crippen LogP contribution in [-0.4, -0.2) is 31.7 Å². The number of fused-ring (bicyclic) bond motifs is 1. The molecular weight excluding hydrogens is 334 g/mol. The molecule has 0 saturated carbocycles. The number of benzene rings is 2. The normalized spacial score (nSPS) is 17.0. The summed E-state index contributed by atoms with van der Waals surface area (Å²) < 4.78 is 21.8. The molecule has 26 heavy (non-hydrogen) atoms. The number of carbonyl (C=O) groups is 1. The van der Waals surface area contributed by atoms with E-state index in [-0.39, 0.29) is 5.70 Å². The zero-order valence-corrected chi connectivity index (χ0v) is 14.0. The molecule has 0 amide bonds. The number of cyclic esters (lactones) is 1. The smallest absolute Gasteiger partial charge is 0.363 e. The van der Waals surface area contributed by atoms with Gasteiger partial charge in [-0.3, -0.25) is 0 Å². The molecule has 0 aliphatic carbocycles. The molecule has 2 aromatic carbocycles. The minimum Gasteiger partial charge on any atom is -0.493 e. The van der Waals surface area contributed by atoms with Crippen LogP contribution in [0.4, 0.5) is 0 Å². The van der Waals surface area contributed by atoms with Crippen molar-refractivity contribution in [3.8, 4) is 17.2 Å². The van der Waals surface area contributed by atoms with Crippen LogP contribution in [0.5, 0.6) is 17.2 Å². The summed E-state index contributed by atoms with van der Waals surface area (Å²) in [5, 5.41) is 0. The van der Waals surface area contributed by atoms with Crippen LogP contribution in [0.25, 0.3) is 6.08 Å². The molecule has 0 radical (unpaired) electrons. The molecule has 0 N–H and O–H groups in total. The van der Waals surface area contributed by atoms with Crippen molar-refractivity contribution >= 4 is 17.9 Å². The summed E-state index contributed by atoms with van der Waals surface area (Å²) in [6.45, 7) is 1.44. The number of hydrogen-bond donors (Lipinski definition) is 0. The lowest BCUT2D eigenvalue weighted by Crippen LogP contribution is -2.15. The number of nitrogens with zero attached hydrogens (tertiary/aromatic N) is 1. The number of aliphatic imine (C=N–C) groups is 1. The molecule has 2 aliphatic heterocycles. The molecule has 4 rings (SSSR count). The number of rotatable bonds is 5. The molecule has 2 heterocycles. The Kier molecular flexibility index (Phi) is 4.55. The van der Waals surface area contributed by atoms with Gasteiger partial charge < -0.3 is 18.9 Å². The van der Waals surface area contributed by atoms with E-state index < -0.39 is 5.97 Å². The zero-order chi connectivity index (χ0) is 17.8. The number of hydrogen-bond acceptors (Lipinski definition) is 6. The predicted octanol–water partition coefficient (Wildman–Crippen LogP) is 3.22. The lowest BCUT2D eigenvalue weighted by molar-refractivity contribution is -0.130. The van der Waals surface area contributed by atoms with Crippen LogP contribution in [0.1, 0.15) is 12.0 Å². The summed E-state index contributed by atoms with van der Waals surface area (Å²) in [6, 6.07) is 14.9. The molecule has 0 spiro atoms. The van der Waals surface area contributed by atoms with E-state index in [9.17, 15) is 4.79 Å². The van der Waals surface area contributed by atoms with Gasteiger partial charge in [0.15, 0.2) is 17.2 Å². The molecule has 2 aliphatic rings. The van der Waals surface area contributed by atoms with E-state index in [2.05, 4.69) is 4.99 Å². The molecule has 0 aromatic heterocycles. The van der Waals surface area contributed by atoms with Gasteiger partial charge >= 0.3 is 5.97 Å². The monoisotopic (exact) mass is 351 g/mol. The topological polar surface area (TPSA) is 66.4 Å². The van der Waals surface area contributed by atoms with Crippen LogP contribution in [-0.2, 0) is 9.53 Å². The number of esters is 1. The van der Waals surface area contributed by atoms with Gasteiger partial charge in [-0.2, -0.15) is 0 Å². The first kappa shape index (κ1) is 16.2. The molecule has 0 fully saturated rings. The minimum absolute atomic E-state index is 0.261. The molecular formula is C20H17NO5. The number of carbonyl (C=O) groups excluding carboxylic acids is 1. The summed E-state index contributed by atoms with van der Waals surface area (Å²) in [5.41, 5.74) is 1.06. The zero-order valence-electron chi connectivity index (χ0n) is 14.0. The van der Waals surface area contributed by atoms with Crippen molar-refractivity contribution in [2.75, 3.05) is 19.8 Å². The molecule has 0 unspecified atom stereocenters. The maximum absolute atomic E-state index is 12.0. The summed E-state index contributed by atoms with van der Waals surface area (Å²) in [7, 11) is 0. The fourth-order valence-corrected chi connectivity index (χ4v) is 2.64. The van der Waals surface area contributed by atoms with Crippen molar-refractivity contribution in [3.63, 3.8) is 0 Å². The van der Waals surface area contributed by atoms with E-state index >= 15 is 0 Å². The van der Waals surface area contributed by atoms with Crippen molar-refractivity contribution in [1.29, 1.82) is 0 Å². The first-order valence-corrected chi connectivity index (χ1v) is 8.37. The summed E-state index contributed by atoms with van der Waals surface area (Å²) >= 11 is 0. The van der Waals surface area contributed by atoms with E-state index in [4.69, 9.17) is 18.9 Å². The first-order valence-electron chi connectivity index (χ1n) is 8.37. The van der Waals surface area contributed by atoms with E-state index in [1.165, 1.54) is 0 Å². The largest absolute Gasteiger partial charge is 0.493 e. The highest BCUT2D eigenvalue weighted by Crippen LogP contribution is 2.31. The van der Waals surface area contributed by atoms with E-state index in [1.54, 1.807) is 6.08 Å². The van der Waals surface area contributed by atoms with Crippen molar-refractivity contribution in [2.45, 2.75) is 6.42 Å². The van der Waals surface area contributed by atoms with Gasteiger partial charge in [-0.25, -0.2) is 9.79 Å². The van der Waals surface area contributed by atoms with Gasteiger partial charge in [-0.15, -0.1) is 0 Å². The van der Waals surface area contributed by atoms with Crippen LogP contribution in [0.3, 0.4) is 0 Å². The first-order chi connectivity index (χ1) is 12.8. The standard InChI is InChI=1S/C20H17NO5/c22-20-16(12-14-6-7-17-18(13-14)25-11-10-24-17)21-19(26-20)8-9-23-15-4-2-1-3-5-15/h1-7,12-13H,8-11H2/b16-12+. The van der Waals surface area contributed by atoms with E-state index in [0.717, 1.165) is 11.3 Å². The van der Waals surface area contributed by atoms with Gasteiger partial charge in [0.25, 0.3) is 0 Å². The predicted molar refractivity (Wildman–Crippen MR) is 95.5 cm³/mol. The fourth-order valence-electron chi connectivity index (χ4n) is 2.64. The molecule has 0 atom stereocenters. The van der Waals surface area contributed by atoms with Crippen LogP contribution >= 0.6 is 0 Å². The van der Waals surface area contributed by atoms with E-state index in [0.29, 0.717) is 43.6 Å². The SMILES string of the molecule is O=C1OC(CCOc2ccccc2)=N/C1=C/c1ccc2c(c1)OCCO2. The molecule has 0 bridgehead atoms. The molecule has 132 valence electrons. The van der Waals surface area contributed by atoms with Crippen molar-refractivity contribution in [3.05, 3.63) is 59.8 Å². The Bertz CT molecular complexity index is 873. The highest BCUT2D eigenvalue weighted by atomic mass is 16.6. The van der Waals surface area contributed by atoms with Crippen molar-refractivity contribution in [1.82, 2.24) is 0 Å². The third kappa shape index (κ3) is 3.69. The Labute approximate surface area is 150 Å². The Hall–Kier alpha value is -3.28. The van der Waals surface area contributed by atoms with Gasteiger partial charge in [0.05, 0.1) is 13.0 Å². The fraction of sp³-hybridized carbons (Fsp3) is 0.200. The van der Waals surface area contributed by atoms with Gasteiger partial charge in [-0.1, -0.05) is 24.3 Å². The average Bonchev–Trinajstić information content (AvgIpc) is 3.02. The Morgan fingerprint density at radius 1 is 1.04 bits per heavy atom. The maximum atomic E-state index is 12.0. The highest BCUT2D eigenvalue weighted by Gasteiger charge is 2.23. The Morgan fingerprint density at radius 3 is 2.69 bits per heavy atom. The van der Waals surface area contributed by atoms with Gasteiger partial charge in [-0.05, 0) is 35.9 Å². The summed E-state index contributed by atoms with van der Waals surface area (Å²) in [6.07, 6.45) is 2.09. The lowest BCUT2D eigenvalue weighted by atomic mass is 10.1. The third-order valence-corrected chi connectivity index (χ3v) is 3.86. The summed E-state index contributed by atoms with van der Waals surface area (Å²) in [5.74, 6) is 2.03. The van der Waals surface area contributed by atoms with Gasteiger partial charge in [0, 0.05) is 0 Å². The second-order valence-electron chi connectivity index (χ2n) is 5.74. The second-order valence-corrected chi connectivity index (χ2v) is 5.74. The van der Waals surface area contributed by atoms with Crippen LogP contribution in [0, 0.1) is 0 Å². The van der Waals surface area contributed by atoms with Crippen LogP contribution in [0.2, 0.25) is 0 Å². The number of ether oxygens (including phenoxy) is 4. The number of para-hydroxylation sites is 1. The Morgan fingerprint density at radius 2 is 1.85 bits per heavy atom. The highest BCUT2D eigenvalue weighted by molar-refractivity contribution is 6.07. The van der Waals surface area contributed by atoms with Crippen LogP contribution in [0.15, 0.2) is 59.2 Å². The third-order valence-electron chi connectivity index (χ3n) is 3.86. The molecule has 6 heteroatoms. The molecule has 2 aromatic rings. The second kappa shape index (κ2) is 7.31. The minimum atomic E-state index is -0.463. The van der Waals surface area contributed by atoms with Crippen molar-refractivity contribution < 1.29 is 23.7 Å². The van der Waals surface area contributed by atoms with Gasteiger partial charge in [0.2, 0.25) is 5.90 Å². The van der Waals surface area contributed by atoms with Gasteiger partial charge in [0.1, 0.15) is 19.0 Å². The van der Waals surface area contributed by atoms with E-state index in [1.807, 2.05) is 48.5 Å². The Balaban J connectivity index is 1.42. The molecule has 6 nitrogen and oxygen atoms in total. The summed E-state index contributed by atoms with van der Waals surface area (Å²) in [4.78, 5) is 16.3. The quantitative estimate of drug-likeness (QED) is 0.611. The van der Waals surface area contributed by atoms with Crippen molar-refractivity contribution in [2.24, 2.45) is 4.99 Å². The average molecular weight is 351 g/mol. The molecule has 0 saturated heterocycles.